The van der Waals surface area contributed by atoms with Crippen LogP contribution in [0.1, 0.15) is 12.8 Å². The molecule has 0 aliphatic heterocycles. The first kappa shape index (κ1) is 11.3. The Morgan fingerprint density at radius 3 is 2.89 bits per heavy atom. The first-order valence-corrected chi connectivity index (χ1v) is 5.96. The predicted molar refractivity (Wildman–Crippen MR) is 67.4 cm³/mol. The highest BCUT2D eigenvalue weighted by molar-refractivity contribution is 6.32. The first-order valence-electron chi connectivity index (χ1n) is 5.58. The zero-order chi connectivity index (χ0) is 12.7. The minimum Gasteiger partial charge on any atom is -0.368 e. The zero-order valence-electron chi connectivity index (χ0n) is 9.40. The van der Waals surface area contributed by atoms with E-state index in [1.165, 1.54) is 16.8 Å². The van der Waals surface area contributed by atoms with E-state index in [1.54, 1.807) is 6.07 Å². The van der Waals surface area contributed by atoms with Crippen molar-refractivity contribution in [3.05, 3.63) is 29.0 Å². The van der Waals surface area contributed by atoms with Crippen LogP contribution in [0.15, 0.2) is 18.2 Å². The number of nitrogens with two attached hydrogens (primary N) is 1. The number of nitrogens with zero attached hydrogens (tertiary/aromatic N) is 3. The maximum atomic E-state index is 13.8. The molecule has 94 valence electrons. The molecule has 0 amide bonds. The molecule has 18 heavy (non-hydrogen) atoms. The van der Waals surface area contributed by atoms with E-state index in [0.717, 1.165) is 12.8 Å². The summed E-state index contributed by atoms with van der Waals surface area (Å²) in [7, 11) is 0. The van der Waals surface area contributed by atoms with Gasteiger partial charge >= 0.3 is 0 Å². The lowest BCUT2D eigenvalue weighted by Crippen LogP contribution is -2.06. The third-order valence-corrected chi connectivity index (χ3v) is 3.00. The number of hydrogen-bond acceptors (Lipinski definition) is 4. The fourth-order valence-electron chi connectivity index (χ4n) is 1.65. The van der Waals surface area contributed by atoms with Gasteiger partial charge in [-0.15, -0.1) is 5.10 Å². The van der Waals surface area contributed by atoms with Crippen LogP contribution in [0.5, 0.6) is 0 Å². The number of rotatable bonds is 3. The molecule has 7 heteroatoms. The number of hydrogen-bond donors (Lipinski definition) is 2. The lowest BCUT2D eigenvalue weighted by atomic mass is 10.3. The molecule has 0 atom stereocenters. The van der Waals surface area contributed by atoms with Gasteiger partial charge in [0, 0.05) is 6.04 Å². The Kier molecular flexibility index (Phi) is 2.59. The molecule has 1 aliphatic carbocycles. The summed E-state index contributed by atoms with van der Waals surface area (Å²) in [6, 6.07) is 4.81. The van der Waals surface area contributed by atoms with Crippen LogP contribution in [0.2, 0.25) is 5.02 Å². The van der Waals surface area contributed by atoms with E-state index in [9.17, 15) is 4.39 Å². The molecule has 0 bridgehead atoms. The summed E-state index contributed by atoms with van der Waals surface area (Å²) in [6.07, 6.45) is 2.18. The molecule has 2 aromatic rings. The lowest BCUT2D eigenvalue weighted by molar-refractivity contribution is 0.612. The number of para-hydroxylation sites is 1. The van der Waals surface area contributed by atoms with Gasteiger partial charge in [0.25, 0.3) is 0 Å². The lowest BCUT2D eigenvalue weighted by Gasteiger charge is -2.05. The second kappa shape index (κ2) is 4.13. The Morgan fingerprint density at radius 1 is 1.44 bits per heavy atom. The number of halogens is 2. The molecule has 0 radical (unpaired) electrons. The van der Waals surface area contributed by atoms with Gasteiger partial charge in [-0.3, -0.25) is 0 Å². The first-order chi connectivity index (χ1) is 8.65. The number of anilines is 2. The Balaban J connectivity index is 2.02. The van der Waals surface area contributed by atoms with Crippen LogP contribution in [0.4, 0.5) is 16.3 Å². The topological polar surface area (TPSA) is 68.8 Å². The van der Waals surface area contributed by atoms with E-state index in [0.29, 0.717) is 12.0 Å². The van der Waals surface area contributed by atoms with Crippen molar-refractivity contribution in [3.8, 4) is 5.69 Å². The van der Waals surface area contributed by atoms with E-state index >= 15 is 0 Å². The minimum absolute atomic E-state index is 0.102. The molecular weight excluding hydrogens is 257 g/mol. The smallest absolute Gasteiger partial charge is 0.244 e. The van der Waals surface area contributed by atoms with E-state index in [2.05, 4.69) is 15.4 Å². The van der Waals surface area contributed by atoms with Gasteiger partial charge in [0.2, 0.25) is 11.9 Å². The van der Waals surface area contributed by atoms with Gasteiger partial charge in [-0.1, -0.05) is 17.7 Å². The summed E-state index contributed by atoms with van der Waals surface area (Å²) < 4.78 is 15.0. The predicted octanol–water partition coefficient (Wildman–Crippen LogP) is 2.22. The van der Waals surface area contributed by atoms with Crippen LogP contribution in [-0.4, -0.2) is 20.8 Å². The van der Waals surface area contributed by atoms with Crippen LogP contribution >= 0.6 is 11.6 Å². The van der Waals surface area contributed by atoms with E-state index in [4.69, 9.17) is 17.3 Å². The molecule has 1 fully saturated rings. The van der Waals surface area contributed by atoms with Crippen molar-refractivity contribution in [2.45, 2.75) is 18.9 Å². The van der Waals surface area contributed by atoms with Crippen LogP contribution in [0.25, 0.3) is 5.69 Å². The summed E-state index contributed by atoms with van der Waals surface area (Å²) in [6.45, 7) is 0. The highest BCUT2D eigenvalue weighted by Crippen LogP contribution is 2.27. The molecule has 3 rings (SSSR count). The Hall–Kier alpha value is -1.82. The van der Waals surface area contributed by atoms with Gasteiger partial charge in [0.15, 0.2) is 5.82 Å². The molecule has 1 heterocycles. The molecule has 0 spiro atoms. The van der Waals surface area contributed by atoms with Crippen molar-refractivity contribution < 1.29 is 4.39 Å². The minimum atomic E-state index is -0.489. The second-order valence-corrected chi connectivity index (χ2v) is 4.60. The highest BCUT2D eigenvalue weighted by Gasteiger charge is 2.24. The number of benzene rings is 1. The number of aromatic nitrogens is 3. The van der Waals surface area contributed by atoms with E-state index in [1.807, 2.05) is 0 Å². The zero-order valence-corrected chi connectivity index (χ0v) is 10.2. The molecule has 5 nitrogen and oxygen atoms in total. The van der Waals surface area contributed by atoms with Gasteiger partial charge in [0.1, 0.15) is 5.69 Å². The average Bonchev–Trinajstić information content (AvgIpc) is 3.04. The fraction of sp³-hybridized carbons (Fsp3) is 0.273. The molecule has 1 aromatic heterocycles. The Labute approximate surface area is 108 Å². The fourth-order valence-corrected chi connectivity index (χ4v) is 1.89. The molecule has 1 aliphatic rings. The van der Waals surface area contributed by atoms with Gasteiger partial charge in [0.05, 0.1) is 5.02 Å². The molecular formula is C11H11ClFN5. The molecule has 0 unspecified atom stereocenters. The van der Waals surface area contributed by atoms with Crippen molar-refractivity contribution in [2.75, 3.05) is 11.1 Å². The van der Waals surface area contributed by atoms with E-state index < -0.39 is 5.82 Å². The SMILES string of the molecule is Nc1nc(NC2CC2)nn1-c1c(F)cccc1Cl. The summed E-state index contributed by atoms with van der Waals surface area (Å²) in [5.41, 5.74) is 5.85. The van der Waals surface area contributed by atoms with Crippen LogP contribution in [0.3, 0.4) is 0 Å². The third kappa shape index (κ3) is 1.99. The standard InChI is InChI=1S/C11H11ClFN5/c12-7-2-1-3-8(13)9(7)18-10(14)16-11(17-18)15-6-4-5-6/h1-3,6H,4-5H2,(H3,14,15,16,17). The average molecular weight is 268 g/mol. The summed E-state index contributed by atoms with van der Waals surface area (Å²) in [5, 5.41) is 7.46. The maximum Gasteiger partial charge on any atom is 0.244 e. The summed E-state index contributed by atoms with van der Waals surface area (Å²) in [4.78, 5) is 4.04. The van der Waals surface area contributed by atoms with Crippen molar-refractivity contribution in [1.82, 2.24) is 14.8 Å². The number of nitrogens with one attached hydrogen (secondary N) is 1. The van der Waals surface area contributed by atoms with Gasteiger partial charge in [-0.05, 0) is 25.0 Å². The van der Waals surface area contributed by atoms with Crippen molar-refractivity contribution in [1.29, 1.82) is 0 Å². The second-order valence-electron chi connectivity index (χ2n) is 4.19. The Bertz CT molecular complexity index is 573. The van der Waals surface area contributed by atoms with Gasteiger partial charge in [-0.25, -0.2) is 4.39 Å². The van der Waals surface area contributed by atoms with Crippen LogP contribution in [0, 0.1) is 5.82 Å². The van der Waals surface area contributed by atoms with Gasteiger partial charge < -0.3 is 11.1 Å². The molecule has 3 N–H and O–H groups in total. The molecule has 0 saturated heterocycles. The summed E-state index contributed by atoms with van der Waals surface area (Å²) >= 11 is 5.96. The molecule has 1 saturated carbocycles. The third-order valence-electron chi connectivity index (χ3n) is 2.69. The van der Waals surface area contributed by atoms with Crippen molar-refractivity contribution in [2.24, 2.45) is 0 Å². The summed E-state index contributed by atoms with van der Waals surface area (Å²) in [5.74, 6) is 0.0107. The quantitative estimate of drug-likeness (QED) is 0.895. The Morgan fingerprint density at radius 2 is 2.22 bits per heavy atom. The largest absolute Gasteiger partial charge is 0.368 e. The maximum absolute atomic E-state index is 13.8. The monoisotopic (exact) mass is 267 g/mol. The number of nitrogen functional groups attached to an aromatic ring is 1. The normalized spacial score (nSPS) is 14.8. The van der Waals surface area contributed by atoms with Crippen molar-refractivity contribution >= 4 is 23.5 Å². The van der Waals surface area contributed by atoms with Crippen LogP contribution in [-0.2, 0) is 0 Å². The van der Waals surface area contributed by atoms with Gasteiger partial charge in [-0.2, -0.15) is 9.67 Å². The highest BCUT2D eigenvalue weighted by atomic mass is 35.5. The van der Waals surface area contributed by atoms with Crippen molar-refractivity contribution in [3.63, 3.8) is 0 Å². The molecule has 1 aromatic carbocycles. The van der Waals surface area contributed by atoms with E-state index in [-0.39, 0.29) is 16.7 Å². The van der Waals surface area contributed by atoms with Crippen LogP contribution < -0.4 is 11.1 Å².